The third-order valence-electron chi connectivity index (χ3n) is 4.95. The number of aryl methyl sites for hydroxylation is 1. The van der Waals surface area contributed by atoms with E-state index in [1.165, 1.54) is 0 Å². The van der Waals surface area contributed by atoms with Crippen molar-refractivity contribution in [3.05, 3.63) is 53.3 Å². The van der Waals surface area contributed by atoms with E-state index < -0.39 is 6.04 Å². The Hall–Kier alpha value is -2.67. The Morgan fingerprint density at radius 2 is 1.96 bits per heavy atom. The van der Waals surface area contributed by atoms with Gasteiger partial charge in [0.05, 0.1) is 32.0 Å². The SMILES string of the molecule is Cc1cccc(C(=O)N2Cc3ccnn3C(C(=O)N3CCOCC3)C2)c1. The van der Waals surface area contributed by atoms with E-state index in [2.05, 4.69) is 5.10 Å². The summed E-state index contributed by atoms with van der Waals surface area (Å²) in [6.07, 6.45) is 1.69. The molecule has 136 valence electrons. The van der Waals surface area contributed by atoms with Crippen molar-refractivity contribution < 1.29 is 14.3 Å². The molecule has 0 N–H and O–H groups in total. The molecular formula is C19H22N4O3. The lowest BCUT2D eigenvalue weighted by atomic mass is 10.1. The van der Waals surface area contributed by atoms with Gasteiger partial charge >= 0.3 is 0 Å². The third-order valence-corrected chi connectivity index (χ3v) is 4.95. The first-order valence-electron chi connectivity index (χ1n) is 8.88. The Balaban J connectivity index is 1.59. The molecule has 1 aromatic heterocycles. The molecule has 1 aromatic carbocycles. The van der Waals surface area contributed by atoms with Gasteiger partial charge in [0.1, 0.15) is 6.04 Å². The molecule has 0 radical (unpaired) electrons. The van der Waals surface area contributed by atoms with E-state index in [4.69, 9.17) is 4.74 Å². The van der Waals surface area contributed by atoms with Crippen LogP contribution in [0.15, 0.2) is 36.5 Å². The second-order valence-corrected chi connectivity index (χ2v) is 6.78. The zero-order valence-electron chi connectivity index (χ0n) is 14.8. The minimum Gasteiger partial charge on any atom is -0.378 e. The van der Waals surface area contributed by atoms with Crippen LogP contribution in [0.3, 0.4) is 0 Å². The monoisotopic (exact) mass is 354 g/mol. The number of amides is 2. The summed E-state index contributed by atoms with van der Waals surface area (Å²) in [5.41, 5.74) is 2.57. The van der Waals surface area contributed by atoms with Gasteiger partial charge in [0.25, 0.3) is 5.91 Å². The van der Waals surface area contributed by atoms with Crippen LogP contribution in [-0.4, -0.2) is 64.2 Å². The summed E-state index contributed by atoms with van der Waals surface area (Å²) in [5.74, 6) is -0.0547. The number of aromatic nitrogens is 2. The molecule has 0 spiro atoms. The van der Waals surface area contributed by atoms with Crippen molar-refractivity contribution in [2.45, 2.75) is 19.5 Å². The van der Waals surface area contributed by atoms with Crippen LogP contribution in [0.1, 0.15) is 27.7 Å². The van der Waals surface area contributed by atoms with E-state index in [-0.39, 0.29) is 11.8 Å². The molecule has 26 heavy (non-hydrogen) atoms. The Bertz CT molecular complexity index is 826. The van der Waals surface area contributed by atoms with Crippen LogP contribution >= 0.6 is 0 Å². The van der Waals surface area contributed by atoms with Gasteiger partial charge in [-0.15, -0.1) is 0 Å². The van der Waals surface area contributed by atoms with Gasteiger partial charge in [0.2, 0.25) is 5.91 Å². The van der Waals surface area contributed by atoms with Crippen molar-refractivity contribution in [3.8, 4) is 0 Å². The second-order valence-electron chi connectivity index (χ2n) is 6.78. The normalized spacial score (nSPS) is 20.0. The lowest BCUT2D eigenvalue weighted by Crippen LogP contribution is -2.50. The third kappa shape index (κ3) is 3.10. The average molecular weight is 354 g/mol. The first-order chi connectivity index (χ1) is 12.6. The van der Waals surface area contributed by atoms with Crippen molar-refractivity contribution in [2.24, 2.45) is 0 Å². The molecule has 0 saturated carbocycles. The van der Waals surface area contributed by atoms with Crippen LogP contribution in [0.4, 0.5) is 0 Å². The van der Waals surface area contributed by atoms with Gasteiger partial charge in [0.15, 0.2) is 0 Å². The molecule has 3 heterocycles. The lowest BCUT2D eigenvalue weighted by Gasteiger charge is -2.37. The summed E-state index contributed by atoms with van der Waals surface area (Å²) in [7, 11) is 0. The summed E-state index contributed by atoms with van der Waals surface area (Å²) < 4.78 is 7.10. The van der Waals surface area contributed by atoms with E-state index in [0.29, 0.717) is 45.0 Å². The molecule has 4 rings (SSSR count). The first kappa shape index (κ1) is 16.8. The molecule has 1 atom stereocenters. The highest BCUT2D eigenvalue weighted by Crippen LogP contribution is 2.24. The van der Waals surface area contributed by atoms with E-state index >= 15 is 0 Å². The largest absolute Gasteiger partial charge is 0.378 e. The van der Waals surface area contributed by atoms with Gasteiger partial charge in [-0.25, -0.2) is 0 Å². The van der Waals surface area contributed by atoms with Crippen molar-refractivity contribution in [1.82, 2.24) is 19.6 Å². The maximum absolute atomic E-state index is 13.0. The predicted octanol–water partition coefficient (Wildman–Crippen LogP) is 1.25. The molecule has 7 nitrogen and oxygen atoms in total. The summed E-state index contributed by atoms with van der Waals surface area (Å²) in [6.45, 7) is 5.02. The Morgan fingerprint density at radius 3 is 2.73 bits per heavy atom. The minimum atomic E-state index is -0.486. The molecule has 2 aliphatic heterocycles. The highest BCUT2D eigenvalue weighted by Gasteiger charge is 2.36. The molecular weight excluding hydrogens is 332 g/mol. The van der Waals surface area contributed by atoms with Gasteiger partial charge in [-0.05, 0) is 25.1 Å². The number of benzene rings is 1. The Labute approximate surface area is 152 Å². The predicted molar refractivity (Wildman–Crippen MR) is 94.6 cm³/mol. The summed E-state index contributed by atoms with van der Waals surface area (Å²) in [4.78, 5) is 29.6. The fraction of sp³-hybridized carbons (Fsp3) is 0.421. The fourth-order valence-corrected chi connectivity index (χ4v) is 3.59. The van der Waals surface area contributed by atoms with E-state index in [1.807, 2.05) is 37.3 Å². The van der Waals surface area contributed by atoms with E-state index in [9.17, 15) is 9.59 Å². The molecule has 0 aliphatic carbocycles. The zero-order chi connectivity index (χ0) is 18.1. The number of fused-ring (bicyclic) bond motifs is 1. The van der Waals surface area contributed by atoms with Gasteiger partial charge in [0, 0.05) is 24.8 Å². The zero-order valence-corrected chi connectivity index (χ0v) is 14.8. The van der Waals surface area contributed by atoms with Gasteiger partial charge in [-0.3, -0.25) is 14.3 Å². The molecule has 1 fully saturated rings. The summed E-state index contributed by atoms with van der Waals surface area (Å²) in [6, 6.07) is 8.93. The maximum Gasteiger partial charge on any atom is 0.254 e. The molecule has 7 heteroatoms. The van der Waals surface area contributed by atoms with Gasteiger partial charge in [-0.1, -0.05) is 17.7 Å². The van der Waals surface area contributed by atoms with Crippen LogP contribution < -0.4 is 0 Å². The number of hydrogen-bond acceptors (Lipinski definition) is 4. The van der Waals surface area contributed by atoms with Crippen molar-refractivity contribution >= 4 is 11.8 Å². The van der Waals surface area contributed by atoms with Gasteiger partial charge < -0.3 is 14.5 Å². The fourth-order valence-electron chi connectivity index (χ4n) is 3.59. The molecule has 1 saturated heterocycles. The average Bonchev–Trinajstić information content (AvgIpc) is 3.15. The quantitative estimate of drug-likeness (QED) is 0.814. The van der Waals surface area contributed by atoms with Crippen LogP contribution in [-0.2, 0) is 16.1 Å². The number of carbonyl (C=O) groups is 2. The number of carbonyl (C=O) groups excluding carboxylic acids is 2. The first-order valence-corrected chi connectivity index (χ1v) is 8.88. The highest BCUT2D eigenvalue weighted by atomic mass is 16.5. The maximum atomic E-state index is 13.0. The van der Waals surface area contributed by atoms with E-state index in [1.54, 1.807) is 20.7 Å². The van der Waals surface area contributed by atoms with Crippen molar-refractivity contribution in [2.75, 3.05) is 32.8 Å². The summed E-state index contributed by atoms with van der Waals surface area (Å²) in [5, 5.41) is 4.33. The molecule has 2 amide bonds. The topological polar surface area (TPSA) is 67.7 Å². The number of rotatable bonds is 2. The van der Waals surface area contributed by atoms with Crippen LogP contribution in [0.25, 0.3) is 0 Å². The molecule has 2 aliphatic rings. The highest BCUT2D eigenvalue weighted by molar-refractivity contribution is 5.95. The molecule has 2 aromatic rings. The van der Waals surface area contributed by atoms with E-state index in [0.717, 1.165) is 11.3 Å². The standard InChI is InChI=1S/C19H22N4O3/c1-14-3-2-4-15(11-14)18(24)22-12-16-5-6-20-23(16)17(13-22)19(25)21-7-9-26-10-8-21/h2-6,11,17H,7-10,12-13H2,1H3. The number of nitrogens with zero attached hydrogens (tertiary/aromatic N) is 4. The Morgan fingerprint density at radius 1 is 1.15 bits per heavy atom. The minimum absolute atomic E-state index is 0.00000719. The second kappa shape index (κ2) is 6.92. The van der Waals surface area contributed by atoms with Crippen LogP contribution in [0.2, 0.25) is 0 Å². The summed E-state index contributed by atoms with van der Waals surface area (Å²) >= 11 is 0. The van der Waals surface area contributed by atoms with Crippen molar-refractivity contribution in [1.29, 1.82) is 0 Å². The smallest absolute Gasteiger partial charge is 0.254 e. The number of hydrogen-bond donors (Lipinski definition) is 0. The number of morpholine rings is 1. The Kier molecular flexibility index (Phi) is 4.46. The molecule has 1 unspecified atom stereocenters. The van der Waals surface area contributed by atoms with Gasteiger partial charge in [-0.2, -0.15) is 5.10 Å². The van der Waals surface area contributed by atoms with Crippen LogP contribution in [0.5, 0.6) is 0 Å². The lowest BCUT2D eigenvalue weighted by molar-refractivity contribution is -0.140. The number of ether oxygens (including phenoxy) is 1. The van der Waals surface area contributed by atoms with Crippen molar-refractivity contribution in [3.63, 3.8) is 0 Å². The van der Waals surface area contributed by atoms with Crippen LogP contribution in [0, 0.1) is 6.92 Å². The molecule has 0 bridgehead atoms.